The fourth-order valence-corrected chi connectivity index (χ4v) is 5.02. The van der Waals surface area contributed by atoms with Crippen LogP contribution in [0.15, 0.2) is 42.7 Å². The van der Waals surface area contributed by atoms with Crippen LogP contribution in [0.5, 0.6) is 5.75 Å². The minimum Gasteiger partial charge on any atom is -0.497 e. The molecule has 2 aliphatic heterocycles. The van der Waals surface area contributed by atoms with Crippen molar-refractivity contribution in [1.29, 1.82) is 0 Å². The number of benzene rings is 1. The van der Waals surface area contributed by atoms with Crippen molar-refractivity contribution in [1.82, 2.24) is 24.6 Å². The zero-order chi connectivity index (χ0) is 21.9. The van der Waals surface area contributed by atoms with E-state index in [2.05, 4.69) is 39.2 Å². The quantitative estimate of drug-likeness (QED) is 0.589. The van der Waals surface area contributed by atoms with Gasteiger partial charge in [-0.05, 0) is 56.0 Å². The van der Waals surface area contributed by atoms with Gasteiger partial charge in [0.2, 0.25) is 5.95 Å². The molecule has 3 aromatic rings. The molecule has 7 heteroatoms. The van der Waals surface area contributed by atoms with E-state index in [1.165, 1.54) is 24.8 Å². The highest BCUT2D eigenvalue weighted by Gasteiger charge is 2.27. The normalized spacial score (nSPS) is 19.4. The van der Waals surface area contributed by atoms with E-state index in [4.69, 9.17) is 14.8 Å². The number of hydrogen-bond acceptors (Lipinski definition) is 6. The van der Waals surface area contributed by atoms with Crippen LogP contribution in [0.3, 0.4) is 0 Å². The van der Waals surface area contributed by atoms with Crippen molar-refractivity contribution in [3.05, 3.63) is 54.0 Å². The van der Waals surface area contributed by atoms with E-state index < -0.39 is 0 Å². The zero-order valence-electron chi connectivity index (χ0n) is 19.1. The number of methoxy groups -OCH3 is 1. The SMILES string of the molecule is COc1cccc(CN2CCC[C@H](c3nn(C)cc3-c3ccnc(N4CCCC4)n3)C2)c1. The van der Waals surface area contributed by atoms with Crippen molar-refractivity contribution in [3.8, 4) is 17.0 Å². The first-order valence-electron chi connectivity index (χ1n) is 11.7. The summed E-state index contributed by atoms with van der Waals surface area (Å²) in [5, 5.41) is 4.90. The van der Waals surface area contributed by atoms with Crippen molar-refractivity contribution in [2.45, 2.75) is 38.1 Å². The number of likely N-dealkylation sites (tertiary alicyclic amines) is 1. The molecular formula is C25H32N6O. The van der Waals surface area contributed by atoms with Crippen LogP contribution in [0.1, 0.15) is 42.9 Å². The predicted octanol–water partition coefficient (Wildman–Crippen LogP) is 3.87. The summed E-state index contributed by atoms with van der Waals surface area (Å²) in [4.78, 5) is 14.3. The highest BCUT2D eigenvalue weighted by molar-refractivity contribution is 5.63. The Morgan fingerprint density at radius 1 is 1.09 bits per heavy atom. The molecule has 1 atom stereocenters. The van der Waals surface area contributed by atoms with Gasteiger partial charge in [-0.3, -0.25) is 9.58 Å². The second-order valence-electron chi connectivity index (χ2n) is 8.96. The molecule has 0 amide bonds. The number of aromatic nitrogens is 4. The van der Waals surface area contributed by atoms with Gasteiger partial charge in [0.15, 0.2) is 0 Å². The number of anilines is 1. The van der Waals surface area contributed by atoms with E-state index in [-0.39, 0.29) is 0 Å². The molecule has 32 heavy (non-hydrogen) atoms. The molecule has 0 radical (unpaired) electrons. The molecule has 0 bridgehead atoms. The smallest absolute Gasteiger partial charge is 0.225 e. The van der Waals surface area contributed by atoms with Crippen LogP contribution in [-0.4, -0.2) is 57.9 Å². The Labute approximate surface area is 190 Å². The molecule has 0 unspecified atom stereocenters. The second kappa shape index (κ2) is 9.28. The zero-order valence-corrected chi connectivity index (χ0v) is 19.1. The van der Waals surface area contributed by atoms with E-state index in [1.54, 1.807) is 7.11 Å². The van der Waals surface area contributed by atoms with Crippen LogP contribution in [0.2, 0.25) is 0 Å². The van der Waals surface area contributed by atoms with Gasteiger partial charge in [0.1, 0.15) is 5.75 Å². The lowest BCUT2D eigenvalue weighted by Crippen LogP contribution is -2.34. The molecule has 0 saturated carbocycles. The fourth-order valence-electron chi connectivity index (χ4n) is 5.02. The lowest BCUT2D eigenvalue weighted by molar-refractivity contribution is 0.198. The molecule has 0 aliphatic carbocycles. The van der Waals surface area contributed by atoms with Crippen molar-refractivity contribution in [2.24, 2.45) is 7.05 Å². The summed E-state index contributed by atoms with van der Waals surface area (Å²) in [6, 6.07) is 10.4. The van der Waals surface area contributed by atoms with Gasteiger partial charge in [-0.2, -0.15) is 5.10 Å². The van der Waals surface area contributed by atoms with Crippen molar-refractivity contribution in [2.75, 3.05) is 38.2 Å². The minimum absolute atomic E-state index is 0.399. The second-order valence-corrected chi connectivity index (χ2v) is 8.96. The molecular weight excluding hydrogens is 400 g/mol. The number of nitrogens with zero attached hydrogens (tertiary/aromatic N) is 6. The molecule has 2 saturated heterocycles. The van der Waals surface area contributed by atoms with Crippen molar-refractivity contribution < 1.29 is 4.74 Å². The lowest BCUT2D eigenvalue weighted by atomic mass is 9.91. The lowest BCUT2D eigenvalue weighted by Gasteiger charge is -2.32. The summed E-state index contributed by atoms with van der Waals surface area (Å²) in [7, 11) is 3.73. The molecule has 7 nitrogen and oxygen atoms in total. The maximum absolute atomic E-state index is 5.40. The Bertz CT molecular complexity index is 1060. The van der Waals surface area contributed by atoms with Gasteiger partial charge in [-0.15, -0.1) is 0 Å². The first kappa shape index (κ1) is 20.9. The molecule has 5 rings (SSSR count). The third-order valence-corrected chi connectivity index (χ3v) is 6.60. The number of aryl methyl sites for hydroxylation is 1. The van der Waals surface area contributed by atoms with Gasteiger partial charge in [-0.25, -0.2) is 9.97 Å². The Morgan fingerprint density at radius 3 is 2.81 bits per heavy atom. The molecule has 0 N–H and O–H groups in total. The van der Waals surface area contributed by atoms with Gasteiger partial charge in [0, 0.05) is 57.1 Å². The summed E-state index contributed by atoms with van der Waals surface area (Å²) >= 11 is 0. The Morgan fingerprint density at radius 2 is 1.97 bits per heavy atom. The maximum atomic E-state index is 5.40. The summed E-state index contributed by atoms with van der Waals surface area (Å²) in [6.45, 7) is 5.15. The highest BCUT2D eigenvalue weighted by atomic mass is 16.5. The Hall–Kier alpha value is -2.93. The van der Waals surface area contributed by atoms with Gasteiger partial charge >= 0.3 is 0 Å². The molecule has 1 aromatic carbocycles. The van der Waals surface area contributed by atoms with Crippen LogP contribution in [0, 0.1) is 0 Å². The number of hydrogen-bond donors (Lipinski definition) is 0. The topological polar surface area (TPSA) is 59.3 Å². The maximum Gasteiger partial charge on any atom is 0.225 e. The molecule has 2 aliphatic rings. The minimum atomic E-state index is 0.399. The average Bonchev–Trinajstić information content (AvgIpc) is 3.50. The largest absolute Gasteiger partial charge is 0.497 e. The van der Waals surface area contributed by atoms with E-state index in [0.29, 0.717) is 5.92 Å². The van der Waals surface area contributed by atoms with Gasteiger partial charge in [-0.1, -0.05) is 12.1 Å². The van der Waals surface area contributed by atoms with E-state index in [9.17, 15) is 0 Å². The van der Waals surface area contributed by atoms with Crippen LogP contribution >= 0.6 is 0 Å². The standard InChI is InChI=1S/C25H32N6O/c1-29-18-22(23-10-11-26-25(27-23)31-13-3-4-14-31)24(28-29)20-8-6-12-30(17-20)16-19-7-5-9-21(15-19)32-2/h5,7,9-11,15,18,20H,3-4,6,8,12-14,16-17H2,1-2H3/t20-/m0/s1. The van der Waals surface area contributed by atoms with Gasteiger partial charge in [0.05, 0.1) is 18.5 Å². The third kappa shape index (κ3) is 4.48. The summed E-state index contributed by atoms with van der Waals surface area (Å²) in [5.41, 5.74) is 4.57. The first-order valence-corrected chi connectivity index (χ1v) is 11.7. The van der Waals surface area contributed by atoms with Crippen LogP contribution in [-0.2, 0) is 13.6 Å². The number of piperidine rings is 1. The van der Waals surface area contributed by atoms with E-state index in [1.807, 2.05) is 30.1 Å². The van der Waals surface area contributed by atoms with E-state index >= 15 is 0 Å². The summed E-state index contributed by atoms with van der Waals surface area (Å²) in [6.07, 6.45) is 8.78. The Balaban J connectivity index is 1.36. The number of rotatable bonds is 6. The molecule has 2 aromatic heterocycles. The van der Waals surface area contributed by atoms with Crippen LogP contribution in [0.25, 0.3) is 11.3 Å². The number of ether oxygens (including phenoxy) is 1. The monoisotopic (exact) mass is 432 g/mol. The molecule has 2 fully saturated rings. The Kier molecular flexibility index (Phi) is 6.08. The highest BCUT2D eigenvalue weighted by Crippen LogP contribution is 2.34. The first-order chi connectivity index (χ1) is 15.7. The van der Waals surface area contributed by atoms with Crippen LogP contribution < -0.4 is 9.64 Å². The summed E-state index contributed by atoms with van der Waals surface area (Å²) in [5.74, 6) is 2.16. The molecule has 4 heterocycles. The summed E-state index contributed by atoms with van der Waals surface area (Å²) < 4.78 is 7.34. The van der Waals surface area contributed by atoms with E-state index in [0.717, 1.165) is 67.8 Å². The molecule has 168 valence electrons. The molecule has 0 spiro atoms. The predicted molar refractivity (Wildman–Crippen MR) is 126 cm³/mol. The average molecular weight is 433 g/mol. The van der Waals surface area contributed by atoms with Gasteiger partial charge < -0.3 is 9.64 Å². The van der Waals surface area contributed by atoms with Crippen molar-refractivity contribution >= 4 is 5.95 Å². The fraction of sp³-hybridized carbons (Fsp3) is 0.480. The van der Waals surface area contributed by atoms with Crippen LogP contribution in [0.4, 0.5) is 5.95 Å². The van der Waals surface area contributed by atoms with Crippen molar-refractivity contribution in [3.63, 3.8) is 0 Å². The third-order valence-electron chi connectivity index (χ3n) is 6.60. The van der Waals surface area contributed by atoms with Gasteiger partial charge in [0.25, 0.3) is 0 Å².